The number of amides is 1. The fourth-order valence-electron chi connectivity index (χ4n) is 12.2. The first-order chi connectivity index (χ1) is 39.6. The van der Waals surface area contributed by atoms with E-state index in [-0.39, 0.29) is 81.0 Å². The number of anilines is 1. The number of alkyl halides is 3. The van der Waals surface area contributed by atoms with Crippen LogP contribution < -0.4 is 20.7 Å². The highest BCUT2D eigenvalue weighted by Gasteiger charge is 2.46. The maximum Gasteiger partial charge on any atom is 0.417 e. The second kappa shape index (κ2) is 22.7. The topological polar surface area (TPSA) is 212 Å². The first kappa shape index (κ1) is 55.1. The van der Waals surface area contributed by atoms with Crippen LogP contribution in [-0.2, 0) is 27.1 Å². The van der Waals surface area contributed by atoms with Crippen molar-refractivity contribution < 1.29 is 46.8 Å². The lowest BCUT2D eigenvalue weighted by molar-refractivity contribution is -0.137. The molecule has 23 heteroatoms. The SMILES string of the molecule is Cc1c(F)cc2[nH]ncc2c1-c1c(C(F)(F)F)cc2c(c1OCc1ccc(-c3cn([C@@H](C(C)C)C(O)N4CCC[C@H]4C(=O)N/C(=C/O)c4ccc(-c5cccnc5Cl)cc4)nn3)cc1)NC(OC1CCOCC1)N=C2N1C[C@@H]2C[C@H]1CN2. The monoisotopic (exact) mass is 1140 g/mol. The normalized spacial score (nSPS) is 21.2. The Hall–Kier alpha value is -7.47. The van der Waals surface area contributed by atoms with Crippen molar-refractivity contribution in [1.29, 1.82) is 0 Å². The molecule has 0 aliphatic carbocycles. The number of carbonyl (C=O) groups excluding carboxylic acids is 1. The average molecular weight is 1150 g/mol. The lowest BCUT2D eigenvalue weighted by atomic mass is 9.88. The fraction of sp³-hybridized carbons (Fsp3) is 0.390. The predicted molar refractivity (Wildman–Crippen MR) is 300 cm³/mol. The number of halogens is 5. The quantitative estimate of drug-likeness (QED) is 0.0321. The lowest BCUT2D eigenvalue weighted by Crippen LogP contribution is -2.51. The molecule has 0 radical (unpaired) electrons. The highest BCUT2D eigenvalue weighted by molar-refractivity contribution is 6.32. The number of nitrogens with zero attached hydrogens (tertiary/aromatic N) is 8. The molecule has 18 nitrogen and oxygen atoms in total. The number of aliphatic hydroxyl groups is 2. The third-order valence-electron chi connectivity index (χ3n) is 16.4. The van der Waals surface area contributed by atoms with Crippen LogP contribution in [0.2, 0.25) is 5.15 Å². The molecule has 0 spiro atoms. The van der Waals surface area contributed by atoms with E-state index >= 15 is 17.6 Å². The second-order valence-corrected chi connectivity index (χ2v) is 22.2. The Morgan fingerprint density at radius 3 is 2.51 bits per heavy atom. The van der Waals surface area contributed by atoms with Gasteiger partial charge in [-0.25, -0.2) is 19.0 Å². The van der Waals surface area contributed by atoms with Gasteiger partial charge in [0.25, 0.3) is 0 Å². The number of aromatic amines is 1. The van der Waals surface area contributed by atoms with E-state index in [1.807, 2.05) is 32.0 Å². The van der Waals surface area contributed by atoms with Crippen molar-refractivity contribution in [2.24, 2.45) is 10.9 Å². The van der Waals surface area contributed by atoms with Gasteiger partial charge in [-0.3, -0.25) is 14.8 Å². The van der Waals surface area contributed by atoms with Crippen LogP contribution in [0.1, 0.15) is 79.8 Å². The molecule has 6 atom stereocenters. The molecule has 6 N–H and O–H groups in total. The van der Waals surface area contributed by atoms with Gasteiger partial charge in [-0.2, -0.15) is 18.3 Å². The van der Waals surface area contributed by atoms with E-state index in [0.717, 1.165) is 29.9 Å². The largest absolute Gasteiger partial charge is 0.513 e. The first-order valence-electron chi connectivity index (χ1n) is 27.5. The van der Waals surface area contributed by atoms with E-state index in [9.17, 15) is 15.0 Å². The zero-order chi connectivity index (χ0) is 57.0. The summed E-state index contributed by atoms with van der Waals surface area (Å²) in [6.45, 7) is 7.74. The third-order valence-corrected chi connectivity index (χ3v) is 16.7. The first-order valence-corrected chi connectivity index (χ1v) is 27.9. The lowest BCUT2D eigenvalue weighted by Gasteiger charge is -2.38. The van der Waals surface area contributed by atoms with Gasteiger partial charge in [-0.05, 0) is 85.9 Å². The summed E-state index contributed by atoms with van der Waals surface area (Å²) in [7, 11) is 0. The zero-order valence-electron chi connectivity index (χ0n) is 45.1. The molecule has 1 amide bonds. The minimum absolute atomic E-state index is 0.00824. The molecule has 12 rings (SSSR count). The number of nitrogens with one attached hydrogen (secondary N) is 4. The molecule has 428 valence electrons. The molecule has 0 saturated carbocycles. The van der Waals surface area contributed by atoms with Crippen LogP contribution in [0.15, 0.2) is 103 Å². The van der Waals surface area contributed by atoms with E-state index in [2.05, 4.69) is 46.3 Å². The highest BCUT2D eigenvalue weighted by atomic mass is 35.5. The van der Waals surface area contributed by atoms with Crippen LogP contribution >= 0.6 is 11.6 Å². The number of hydrogen-bond acceptors (Lipinski definition) is 15. The molecule has 4 fully saturated rings. The highest BCUT2D eigenvalue weighted by Crippen LogP contribution is 2.52. The minimum Gasteiger partial charge on any atom is -0.513 e. The van der Waals surface area contributed by atoms with Crippen LogP contribution in [0, 0.1) is 18.7 Å². The summed E-state index contributed by atoms with van der Waals surface area (Å²) in [5.41, 5.74) is 3.27. The number of carbonyl (C=O) groups is 1. The van der Waals surface area contributed by atoms with Gasteiger partial charge in [0.2, 0.25) is 12.3 Å². The van der Waals surface area contributed by atoms with Crippen molar-refractivity contribution in [2.45, 2.75) is 109 Å². The number of aliphatic imine (C=N–C) groups is 1. The number of benzene rings is 4. The molecule has 7 aromatic rings. The van der Waals surface area contributed by atoms with E-state index in [0.29, 0.717) is 91.9 Å². The van der Waals surface area contributed by atoms with Gasteiger partial charge in [0.05, 0.1) is 53.0 Å². The van der Waals surface area contributed by atoms with E-state index < -0.39 is 48.1 Å². The summed E-state index contributed by atoms with van der Waals surface area (Å²) < 4.78 is 84.3. The molecule has 82 heavy (non-hydrogen) atoms. The molecule has 3 aromatic heterocycles. The number of likely N-dealkylation sites (tertiary alicyclic amines) is 2. The van der Waals surface area contributed by atoms with Crippen LogP contribution in [0.25, 0.3) is 50.1 Å². The van der Waals surface area contributed by atoms with Gasteiger partial charge in [-0.1, -0.05) is 79.2 Å². The van der Waals surface area contributed by atoms with Crippen molar-refractivity contribution in [2.75, 3.05) is 38.2 Å². The summed E-state index contributed by atoms with van der Waals surface area (Å²) >= 11 is 6.31. The summed E-state index contributed by atoms with van der Waals surface area (Å²) in [5, 5.41) is 48.5. The number of pyridine rings is 1. The van der Waals surface area contributed by atoms with Crippen molar-refractivity contribution in [3.05, 3.63) is 136 Å². The summed E-state index contributed by atoms with van der Waals surface area (Å²) in [5.74, 6) is -1.08. The second-order valence-electron chi connectivity index (χ2n) is 21.8. The number of ether oxygens (including phenoxy) is 3. The van der Waals surface area contributed by atoms with Gasteiger partial charge in [-0.15, -0.1) is 5.10 Å². The number of amidine groups is 1. The predicted octanol–water partition coefficient (Wildman–Crippen LogP) is 9.60. The van der Waals surface area contributed by atoms with Crippen molar-refractivity contribution in [3.8, 4) is 39.3 Å². The Bertz CT molecular complexity index is 3570. The maximum atomic E-state index is 16.0. The molecule has 2 unspecified atom stereocenters. The Labute approximate surface area is 474 Å². The van der Waals surface area contributed by atoms with Crippen LogP contribution in [-0.4, -0.2) is 132 Å². The van der Waals surface area contributed by atoms with Crippen molar-refractivity contribution in [1.82, 2.24) is 50.6 Å². The maximum absolute atomic E-state index is 16.0. The number of rotatable bonds is 15. The number of aliphatic hydroxyl groups excluding tert-OH is 2. The Balaban J connectivity index is 0.815. The number of aromatic nitrogens is 6. The van der Waals surface area contributed by atoms with Gasteiger partial charge >= 0.3 is 6.18 Å². The fourth-order valence-corrected chi connectivity index (χ4v) is 12.4. The number of hydrogen-bond donors (Lipinski definition) is 6. The molecule has 4 aromatic carbocycles. The molecule has 5 aliphatic rings. The summed E-state index contributed by atoms with van der Waals surface area (Å²) in [6, 6.07) is 19.0. The molecular formula is C59H61ClF4N12O6. The van der Waals surface area contributed by atoms with Gasteiger partial charge < -0.3 is 45.3 Å². The standard InChI is InChI=1S/C59H61ClF4N12O6/c1-31(2)52(57(79)74-19-5-7-48(74)56(78)68-47(29-77)36-14-12-34(13-15-36)40-6-4-18-65-54(40)60)76-28-46(72-73-76)35-10-8-33(9-11-35)30-81-53-50(49-32(3)44(61)24-45-42(49)26-67-71-45)43(59(62,63)64)23-41-51(53)69-58(82-39-16-20-80-21-17-39)70-55(41)75-27-37-22-38(75)25-66-37/h4,6,8-15,18,23-24,26,28-29,31,37-39,48,52,57-58,66,69,77,79H,5,7,16-17,19-22,25,27,30H2,1-3H3,(H,67,71)(H,68,78)/b47-29+/t37-,38-,48-,52-,57?,58?/m0/s1. The van der Waals surface area contributed by atoms with E-state index in [1.165, 1.54) is 19.2 Å². The van der Waals surface area contributed by atoms with Crippen molar-refractivity contribution in [3.63, 3.8) is 0 Å². The molecule has 2 bridgehead atoms. The summed E-state index contributed by atoms with van der Waals surface area (Å²) in [6.07, 6.45) is 1.38. The van der Waals surface area contributed by atoms with Gasteiger partial charge in [0.1, 0.15) is 41.6 Å². The van der Waals surface area contributed by atoms with Crippen molar-refractivity contribution >= 4 is 45.6 Å². The van der Waals surface area contributed by atoms with E-state index in [4.69, 9.17) is 30.8 Å². The smallest absolute Gasteiger partial charge is 0.417 e. The molecule has 5 aliphatic heterocycles. The molecule has 4 saturated heterocycles. The minimum atomic E-state index is -4.94. The van der Waals surface area contributed by atoms with Gasteiger partial charge in [0.15, 0.2) is 5.75 Å². The zero-order valence-corrected chi connectivity index (χ0v) is 45.9. The summed E-state index contributed by atoms with van der Waals surface area (Å²) in [4.78, 5) is 26.9. The molecular weight excluding hydrogens is 1080 g/mol. The number of fused-ring (bicyclic) bond motifs is 4. The van der Waals surface area contributed by atoms with Crippen LogP contribution in [0.4, 0.5) is 23.2 Å². The number of piperazine rings is 1. The Kier molecular flexibility index (Phi) is 15.3. The Morgan fingerprint density at radius 2 is 1.80 bits per heavy atom. The average Bonchev–Trinajstić information content (AvgIpc) is 2.89. The number of H-pyrrole nitrogens is 1. The van der Waals surface area contributed by atoms with Crippen LogP contribution in [0.3, 0.4) is 0 Å². The molecule has 8 heterocycles. The van der Waals surface area contributed by atoms with Crippen LogP contribution in [0.5, 0.6) is 5.75 Å². The van der Waals surface area contributed by atoms with E-state index in [1.54, 1.807) is 64.4 Å². The Morgan fingerprint density at radius 1 is 1.02 bits per heavy atom. The third kappa shape index (κ3) is 10.7. The van der Waals surface area contributed by atoms with Gasteiger partial charge in [0, 0.05) is 89.9 Å².